The Morgan fingerprint density at radius 3 is 3.00 bits per heavy atom. The number of rotatable bonds is 2. The molecule has 1 aliphatic heterocycles. The fourth-order valence-corrected chi connectivity index (χ4v) is 3.23. The summed E-state index contributed by atoms with van der Waals surface area (Å²) in [4.78, 5) is 14.5. The van der Waals surface area contributed by atoms with Crippen molar-refractivity contribution >= 4 is 11.6 Å². The van der Waals surface area contributed by atoms with Gasteiger partial charge in [0, 0.05) is 12.2 Å². The molecule has 1 aromatic carbocycles. The van der Waals surface area contributed by atoms with Crippen molar-refractivity contribution in [2.45, 2.75) is 25.3 Å². The van der Waals surface area contributed by atoms with Crippen molar-refractivity contribution in [2.75, 3.05) is 25.9 Å². The summed E-state index contributed by atoms with van der Waals surface area (Å²) in [5, 5.41) is 3.21. The minimum Gasteiger partial charge on any atom is -0.399 e. The Morgan fingerprint density at radius 1 is 1.42 bits per heavy atom. The zero-order chi connectivity index (χ0) is 13.4. The van der Waals surface area contributed by atoms with E-state index in [1.807, 2.05) is 12.1 Å². The summed E-state index contributed by atoms with van der Waals surface area (Å²) in [6.45, 7) is 1.91. The lowest BCUT2D eigenvalue weighted by Gasteiger charge is -2.17. The second-order valence-electron chi connectivity index (χ2n) is 5.81. The Hall–Kier alpha value is -1.55. The van der Waals surface area contributed by atoms with Crippen LogP contribution in [0.15, 0.2) is 18.2 Å². The number of fused-ring (bicyclic) bond motifs is 1. The van der Waals surface area contributed by atoms with Crippen molar-refractivity contribution in [3.8, 4) is 0 Å². The first-order valence-electron chi connectivity index (χ1n) is 7.00. The van der Waals surface area contributed by atoms with E-state index in [4.69, 9.17) is 5.73 Å². The third-order valence-electron chi connectivity index (χ3n) is 4.32. The molecule has 4 nitrogen and oxygen atoms in total. The molecule has 1 heterocycles. The molecule has 102 valence electrons. The van der Waals surface area contributed by atoms with Crippen molar-refractivity contribution in [2.24, 2.45) is 5.92 Å². The van der Waals surface area contributed by atoms with Crippen LogP contribution in [0.5, 0.6) is 0 Å². The van der Waals surface area contributed by atoms with Gasteiger partial charge in [-0.2, -0.15) is 0 Å². The molecular weight excluding hydrogens is 238 g/mol. The topological polar surface area (TPSA) is 58.4 Å². The van der Waals surface area contributed by atoms with Crippen LogP contribution in [0.4, 0.5) is 5.69 Å². The van der Waals surface area contributed by atoms with Crippen LogP contribution in [0, 0.1) is 5.92 Å². The van der Waals surface area contributed by atoms with Gasteiger partial charge in [-0.05, 0) is 56.1 Å². The predicted molar refractivity (Wildman–Crippen MR) is 75.7 cm³/mol. The maximum Gasteiger partial charge on any atom is 0.224 e. The van der Waals surface area contributed by atoms with Crippen molar-refractivity contribution in [3.63, 3.8) is 0 Å². The van der Waals surface area contributed by atoms with E-state index in [2.05, 4.69) is 23.3 Å². The molecule has 1 amide bonds. The molecule has 3 N–H and O–H groups in total. The van der Waals surface area contributed by atoms with Gasteiger partial charge < -0.3 is 16.0 Å². The number of carbonyl (C=O) groups is 1. The molecule has 0 saturated carbocycles. The quantitative estimate of drug-likeness (QED) is 0.788. The molecule has 2 aliphatic rings. The highest BCUT2D eigenvalue weighted by Gasteiger charge is 2.30. The molecule has 2 unspecified atom stereocenters. The number of nitrogen functional groups attached to an aromatic ring is 1. The monoisotopic (exact) mass is 259 g/mol. The van der Waals surface area contributed by atoms with Crippen LogP contribution in [0.25, 0.3) is 0 Å². The molecule has 1 fully saturated rings. The van der Waals surface area contributed by atoms with Crippen LogP contribution in [0.1, 0.15) is 30.0 Å². The Labute approximate surface area is 114 Å². The molecule has 1 aliphatic carbocycles. The molecule has 0 spiro atoms. The predicted octanol–water partition coefficient (Wildman–Crippen LogP) is 1.32. The van der Waals surface area contributed by atoms with Crippen molar-refractivity contribution in [3.05, 3.63) is 29.3 Å². The first-order chi connectivity index (χ1) is 9.13. The molecular formula is C15H21N3O. The standard InChI is InChI=1S/C15H21N3O/c1-18-7-6-11(9-18)15(19)17-14-5-2-10-8-12(16)3-4-13(10)14/h3-4,8,11,14H,2,5-7,9,16H2,1H3,(H,17,19). The van der Waals surface area contributed by atoms with Crippen molar-refractivity contribution in [1.82, 2.24) is 10.2 Å². The normalized spacial score (nSPS) is 26.4. The SMILES string of the molecule is CN1CCC(C(=O)NC2CCc3cc(N)ccc32)C1. The van der Waals surface area contributed by atoms with Crippen LogP contribution in [-0.4, -0.2) is 30.9 Å². The number of nitrogens with zero attached hydrogens (tertiary/aromatic N) is 1. The summed E-state index contributed by atoms with van der Waals surface area (Å²) < 4.78 is 0. The van der Waals surface area contributed by atoms with Crippen molar-refractivity contribution in [1.29, 1.82) is 0 Å². The Balaban J connectivity index is 1.68. The first kappa shape index (κ1) is 12.5. The van der Waals surface area contributed by atoms with Crippen LogP contribution in [0.2, 0.25) is 0 Å². The molecule has 2 atom stereocenters. The van der Waals surface area contributed by atoms with E-state index in [-0.39, 0.29) is 17.9 Å². The minimum absolute atomic E-state index is 0.155. The van der Waals surface area contributed by atoms with E-state index in [0.717, 1.165) is 38.0 Å². The second-order valence-corrected chi connectivity index (χ2v) is 5.81. The van der Waals surface area contributed by atoms with Gasteiger partial charge in [-0.1, -0.05) is 6.07 Å². The third-order valence-corrected chi connectivity index (χ3v) is 4.32. The molecule has 0 aromatic heterocycles. The molecule has 3 rings (SSSR count). The lowest BCUT2D eigenvalue weighted by Crippen LogP contribution is -2.34. The molecule has 19 heavy (non-hydrogen) atoms. The minimum atomic E-state index is 0.155. The maximum absolute atomic E-state index is 12.3. The fraction of sp³-hybridized carbons (Fsp3) is 0.533. The van der Waals surface area contributed by atoms with E-state index in [1.165, 1.54) is 11.1 Å². The van der Waals surface area contributed by atoms with E-state index in [1.54, 1.807) is 0 Å². The average molecular weight is 259 g/mol. The zero-order valence-electron chi connectivity index (χ0n) is 11.4. The number of anilines is 1. The van der Waals surface area contributed by atoms with E-state index in [0.29, 0.717) is 0 Å². The van der Waals surface area contributed by atoms with Crippen LogP contribution in [0.3, 0.4) is 0 Å². The Bertz CT molecular complexity index is 500. The molecule has 1 saturated heterocycles. The van der Waals surface area contributed by atoms with Gasteiger partial charge in [-0.3, -0.25) is 4.79 Å². The number of nitrogens with two attached hydrogens (primary N) is 1. The van der Waals surface area contributed by atoms with E-state index in [9.17, 15) is 4.79 Å². The number of hydrogen-bond donors (Lipinski definition) is 2. The van der Waals surface area contributed by atoms with Gasteiger partial charge in [0.2, 0.25) is 5.91 Å². The summed E-state index contributed by atoms with van der Waals surface area (Å²) in [5.74, 6) is 0.363. The number of hydrogen-bond acceptors (Lipinski definition) is 3. The summed E-state index contributed by atoms with van der Waals surface area (Å²) in [7, 11) is 2.07. The van der Waals surface area contributed by atoms with Gasteiger partial charge in [-0.25, -0.2) is 0 Å². The number of benzene rings is 1. The van der Waals surface area contributed by atoms with Gasteiger partial charge in [0.25, 0.3) is 0 Å². The highest BCUT2D eigenvalue weighted by Crippen LogP contribution is 2.32. The van der Waals surface area contributed by atoms with Gasteiger partial charge in [0.15, 0.2) is 0 Å². The molecule has 1 aromatic rings. The van der Waals surface area contributed by atoms with E-state index >= 15 is 0 Å². The lowest BCUT2D eigenvalue weighted by molar-refractivity contribution is -0.125. The number of amides is 1. The van der Waals surface area contributed by atoms with E-state index < -0.39 is 0 Å². The molecule has 0 bridgehead atoms. The van der Waals surface area contributed by atoms with Gasteiger partial charge in [-0.15, -0.1) is 0 Å². The Kier molecular flexibility index (Phi) is 3.19. The van der Waals surface area contributed by atoms with Crippen LogP contribution < -0.4 is 11.1 Å². The lowest BCUT2D eigenvalue weighted by atomic mass is 10.0. The highest BCUT2D eigenvalue weighted by molar-refractivity contribution is 5.80. The number of nitrogens with one attached hydrogen (secondary N) is 1. The summed E-state index contributed by atoms with van der Waals surface area (Å²) in [6, 6.07) is 6.19. The summed E-state index contributed by atoms with van der Waals surface area (Å²) >= 11 is 0. The molecule has 4 heteroatoms. The van der Waals surface area contributed by atoms with Gasteiger partial charge in [0.05, 0.1) is 12.0 Å². The number of likely N-dealkylation sites (tertiary alicyclic amines) is 1. The summed E-state index contributed by atoms with van der Waals surface area (Å²) in [5.41, 5.74) is 9.14. The largest absolute Gasteiger partial charge is 0.399 e. The van der Waals surface area contributed by atoms with Crippen molar-refractivity contribution < 1.29 is 4.79 Å². The average Bonchev–Trinajstić information content (AvgIpc) is 2.96. The Morgan fingerprint density at radius 2 is 2.26 bits per heavy atom. The molecule has 0 radical (unpaired) electrons. The highest BCUT2D eigenvalue weighted by atomic mass is 16.2. The van der Waals surface area contributed by atoms with Gasteiger partial charge in [0.1, 0.15) is 0 Å². The maximum atomic E-state index is 12.3. The second kappa shape index (κ2) is 4.85. The smallest absolute Gasteiger partial charge is 0.224 e. The number of carbonyl (C=O) groups excluding carboxylic acids is 1. The van der Waals surface area contributed by atoms with Crippen LogP contribution in [-0.2, 0) is 11.2 Å². The fourth-order valence-electron chi connectivity index (χ4n) is 3.23. The first-order valence-corrected chi connectivity index (χ1v) is 7.00. The van der Waals surface area contributed by atoms with Gasteiger partial charge >= 0.3 is 0 Å². The third kappa shape index (κ3) is 2.45. The summed E-state index contributed by atoms with van der Waals surface area (Å²) in [6.07, 6.45) is 2.98. The zero-order valence-corrected chi connectivity index (χ0v) is 11.4. The van der Waals surface area contributed by atoms with Crippen LogP contribution >= 0.6 is 0 Å². The number of aryl methyl sites for hydroxylation is 1.